The molecule has 0 aliphatic heterocycles. The molecule has 0 saturated heterocycles. The number of ether oxygens (including phenoxy) is 2. The summed E-state index contributed by atoms with van der Waals surface area (Å²) in [6.07, 6.45) is 2.87. The summed E-state index contributed by atoms with van der Waals surface area (Å²) in [5, 5.41) is 22.5. The smallest absolute Gasteiger partial charge is 0.428 e. The monoisotopic (exact) mass is 593 g/mol. The van der Waals surface area contributed by atoms with Crippen LogP contribution in [0.25, 0.3) is 22.2 Å². The van der Waals surface area contributed by atoms with Crippen molar-refractivity contribution in [3.05, 3.63) is 88.2 Å². The Kier molecular flexibility index (Phi) is 9.80. The number of allylic oxidation sites excluding steroid dienone is 1. The summed E-state index contributed by atoms with van der Waals surface area (Å²) in [6.45, 7) is 10.2. The molecule has 1 N–H and O–H groups in total. The predicted molar refractivity (Wildman–Crippen MR) is 172 cm³/mol. The second-order valence-corrected chi connectivity index (χ2v) is 11.9. The van der Waals surface area contributed by atoms with Crippen molar-refractivity contribution in [3.8, 4) is 29.0 Å². The van der Waals surface area contributed by atoms with Crippen molar-refractivity contribution in [2.24, 2.45) is 0 Å². The van der Waals surface area contributed by atoms with Crippen LogP contribution in [0.15, 0.2) is 71.3 Å². The minimum atomic E-state index is -0.743. The van der Waals surface area contributed by atoms with Crippen molar-refractivity contribution in [3.63, 3.8) is 0 Å². The van der Waals surface area contributed by atoms with Crippen LogP contribution < -0.4 is 10.1 Å². The minimum absolute atomic E-state index is 0.0450. The average molecular weight is 594 g/mol. The van der Waals surface area contributed by atoms with Crippen LogP contribution in [0.3, 0.4) is 0 Å². The van der Waals surface area contributed by atoms with Crippen molar-refractivity contribution in [2.45, 2.75) is 59.6 Å². The van der Waals surface area contributed by atoms with E-state index in [9.17, 15) is 15.3 Å². The number of fused-ring (bicyclic) bond motifs is 1. The molecule has 0 atom stereocenters. The fourth-order valence-electron chi connectivity index (χ4n) is 4.70. The number of carbonyl (C=O) groups excluding carboxylic acids is 1. The number of thioether (sulfide) groups is 1. The third-order valence-corrected chi connectivity index (χ3v) is 7.30. The number of aromatic nitrogens is 2. The lowest BCUT2D eigenvalue weighted by molar-refractivity contribution is 0.0207. The molecule has 0 amide bonds. The molecule has 0 unspecified atom stereocenters. The summed E-state index contributed by atoms with van der Waals surface area (Å²) in [4.78, 5) is 17.3. The van der Waals surface area contributed by atoms with Crippen LogP contribution in [-0.2, 0) is 17.7 Å². The molecule has 1 heterocycles. The lowest BCUT2D eigenvalue weighted by atomic mass is 10.0. The highest BCUT2D eigenvalue weighted by Gasteiger charge is 2.20. The molecule has 220 valence electrons. The number of nitriles is 2. The molecule has 4 aromatic rings. The van der Waals surface area contributed by atoms with E-state index >= 15 is 0 Å². The minimum Gasteiger partial charge on any atom is -0.428 e. The van der Waals surface area contributed by atoms with Crippen LogP contribution in [0.2, 0.25) is 0 Å². The van der Waals surface area contributed by atoms with E-state index in [1.165, 1.54) is 11.8 Å². The largest absolute Gasteiger partial charge is 0.514 e. The third-order valence-electron chi connectivity index (χ3n) is 6.59. The van der Waals surface area contributed by atoms with E-state index in [4.69, 9.17) is 14.5 Å². The van der Waals surface area contributed by atoms with Gasteiger partial charge in [-0.05, 0) is 75.3 Å². The number of nitrogens with one attached hydrogen (secondary N) is 1. The Labute approximate surface area is 256 Å². The van der Waals surface area contributed by atoms with E-state index in [-0.39, 0.29) is 5.57 Å². The Morgan fingerprint density at radius 1 is 1.07 bits per heavy atom. The van der Waals surface area contributed by atoms with E-state index in [1.807, 2.05) is 67.8 Å². The van der Waals surface area contributed by atoms with E-state index < -0.39 is 11.8 Å². The quantitative estimate of drug-likeness (QED) is 0.117. The fraction of sp³-hybridized carbons (Fsp3) is 0.294. The highest BCUT2D eigenvalue weighted by Crippen LogP contribution is 2.32. The van der Waals surface area contributed by atoms with E-state index in [0.717, 1.165) is 57.6 Å². The van der Waals surface area contributed by atoms with Crippen LogP contribution in [-0.4, -0.2) is 27.6 Å². The molecule has 0 saturated carbocycles. The number of rotatable bonds is 9. The second-order valence-electron chi connectivity index (χ2n) is 11.0. The van der Waals surface area contributed by atoms with Gasteiger partial charge < -0.3 is 19.4 Å². The Balaban J connectivity index is 1.67. The van der Waals surface area contributed by atoms with Gasteiger partial charge in [0, 0.05) is 24.2 Å². The van der Waals surface area contributed by atoms with Crippen LogP contribution in [0.5, 0.6) is 5.75 Å². The first kappa shape index (κ1) is 31.2. The maximum Gasteiger partial charge on any atom is 0.514 e. The van der Waals surface area contributed by atoms with Gasteiger partial charge in [0.2, 0.25) is 0 Å². The van der Waals surface area contributed by atoms with Crippen LogP contribution >= 0.6 is 11.8 Å². The zero-order chi connectivity index (χ0) is 31.1. The summed E-state index contributed by atoms with van der Waals surface area (Å²) in [7, 11) is 0. The Morgan fingerprint density at radius 2 is 1.77 bits per heavy atom. The lowest BCUT2D eigenvalue weighted by Crippen LogP contribution is -2.26. The van der Waals surface area contributed by atoms with E-state index in [1.54, 1.807) is 26.8 Å². The van der Waals surface area contributed by atoms with E-state index in [0.29, 0.717) is 17.3 Å². The van der Waals surface area contributed by atoms with Crippen molar-refractivity contribution in [1.82, 2.24) is 9.55 Å². The maximum absolute atomic E-state index is 12.3. The number of anilines is 1. The molecule has 8 nitrogen and oxygen atoms in total. The molecule has 0 bridgehead atoms. The molecule has 3 aromatic carbocycles. The second kappa shape index (κ2) is 13.5. The van der Waals surface area contributed by atoms with Crippen LogP contribution in [0.4, 0.5) is 10.5 Å². The van der Waals surface area contributed by atoms with Gasteiger partial charge in [0.15, 0.2) is 5.57 Å². The van der Waals surface area contributed by atoms with Gasteiger partial charge in [0.05, 0.1) is 11.0 Å². The van der Waals surface area contributed by atoms with E-state index in [2.05, 4.69) is 28.9 Å². The molecule has 0 aliphatic rings. The SMILES string of the molecule is CCCc1nc2c(C)cc(NC(SC)=C(C#N)C#N)cc2n1Cc1ccc(-c2ccccc2OC(=O)OC(C)(C)C)cc1. The first-order valence-electron chi connectivity index (χ1n) is 14.0. The molecule has 4 rings (SSSR count). The Bertz CT molecular complexity index is 1740. The predicted octanol–water partition coefficient (Wildman–Crippen LogP) is 8.36. The van der Waals surface area contributed by atoms with Crippen molar-refractivity contribution in [1.29, 1.82) is 10.5 Å². The summed E-state index contributed by atoms with van der Waals surface area (Å²) in [6, 6.07) is 23.5. The third kappa shape index (κ3) is 7.57. The molecule has 0 aliphatic carbocycles. The summed E-state index contributed by atoms with van der Waals surface area (Å²) >= 11 is 1.33. The molecule has 0 spiro atoms. The van der Waals surface area contributed by atoms with Gasteiger partial charge in [0.25, 0.3) is 0 Å². The van der Waals surface area contributed by atoms with Gasteiger partial charge >= 0.3 is 6.16 Å². The van der Waals surface area contributed by atoms with Crippen molar-refractivity contribution in [2.75, 3.05) is 11.6 Å². The highest BCUT2D eigenvalue weighted by molar-refractivity contribution is 8.02. The Hall–Kier alpha value is -4.73. The molecule has 9 heteroatoms. The number of imidazole rings is 1. The van der Waals surface area contributed by atoms with Gasteiger partial charge in [-0.25, -0.2) is 9.78 Å². The summed E-state index contributed by atoms with van der Waals surface area (Å²) in [5.41, 5.74) is 5.88. The van der Waals surface area contributed by atoms with Crippen LogP contribution in [0, 0.1) is 29.6 Å². The van der Waals surface area contributed by atoms with Crippen molar-refractivity contribution < 1.29 is 14.3 Å². The number of nitrogens with zero attached hydrogens (tertiary/aromatic N) is 4. The number of carbonyl (C=O) groups is 1. The summed E-state index contributed by atoms with van der Waals surface area (Å²) in [5.74, 6) is 1.42. The first-order chi connectivity index (χ1) is 20.6. The zero-order valence-electron chi connectivity index (χ0n) is 25.3. The average Bonchev–Trinajstić information content (AvgIpc) is 3.30. The maximum atomic E-state index is 12.3. The van der Waals surface area contributed by atoms with Crippen LogP contribution in [0.1, 0.15) is 51.1 Å². The zero-order valence-corrected chi connectivity index (χ0v) is 26.1. The highest BCUT2D eigenvalue weighted by atomic mass is 32.2. The van der Waals surface area contributed by atoms with Gasteiger partial charge in [-0.2, -0.15) is 10.5 Å². The number of aryl methyl sites for hydroxylation is 2. The normalized spacial score (nSPS) is 11.0. The molecular formula is C34H35N5O3S. The lowest BCUT2D eigenvalue weighted by Gasteiger charge is -2.19. The number of hydrogen-bond donors (Lipinski definition) is 1. The number of benzene rings is 3. The van der Waals surface area contributed by atoms with Gasteiger partial charge in [-0.1, -0.05) is 49.4 Å². The molecular weight excluding hydrogens is 558 g/mol. The molecule has 43 heavy (non-hydrogen) atoms. The van der Waals surface area contributed by atoms with Gasteiger partial charge in [0.1, 0.15) is 34.3 Å². The number of hydrogen-bond acceptors (Lipinski definition) is 8. The summed E-state index contributed by atoms with van der Waals surface area (Å²) < 4.78 is 13.1. The fourth-order valence-corrected chi connectivity index (χ4v) is 5.22. The Morgan fingerprint density at radius 3 is 2.40 bits per heavy atom. The van der Waals surface area contributed by atoms with Gasteiger partial charge in [-0.15, -0.1) is 11.8 Å². The van der Waals surface area contributed by atoms with Crippen molar-refractivity contribution >= 4 is 34.6 Å². The topological polar surface area (TPSA) is 113 Å². The molecule has 0 fully saturated rings. The molecule has 0 radical (unpaired) electrons. The number of para-hydroxylation sites is 1. The molecule has 1 aromatic heterocycles. The standard InChI is InChI=1S/C34H35N5O3S/c1-7-10-30-38-31-22(2)17-26(37-32(43-6)25(19-35)20-36)18-28(31)39(30)21-23-13-15-24(16-14-23)27-11-8-9-12-29(27)41-33(40)42-34(3,4)5/h8-9,11-18,37H,7,10,21H2,1-6H3. The van der Waals surface area contributed by atoms with Gasteiger partial charge in [-0.3, -0.25) is 0 Å². The first-order valence-corrected chi connectivity index (χ1v) is 15.2.